The standard InChI is InChI=1S/C16H25N5O2/c1-4-8-17-14-11-12(3)18-15(20-14)19-13-6-9-21(10-7-13)16(22)23-5-2/h4,11,13H,1,5-10H2,2-3H3,(H2,17,18,19,20). The van der Waals surface area contributed by atoms with Crippen LogP contribution < -0.4 is 10.6 Å². The van der Waals surface area contributed by atoms with Crippen molar-refractivity contribution in [2.45, 2.75) is 32.7 Å². The summed E-state index contributed by atoms with van der Waals surface area (Å²) in [7, 11) is 0. The largest absolute Gasteiger partial charge is 0.450 e. The lowest BCUT2D eigenvalue weighted by Crippen LogP contribution is -2.42. The topological polar surface area (TPSA) is 79.4 Å². The second kappa shape index (κ2) is 8.36. The average Bonchev–Trinajstić information content (AvgIpc) is 2.53. The molecule has 1 amide bonds. The van der Waals surface area contributed by atoms with Crippen LogP contribution in [0.4, 0.5) is 16.6 Å². The van der Waals surface area contributed by atoms with E-state index in [1.165, 1.54) is 0 Å². The first-order valence-electron chi connectivity index (χ1n) is 8.01. The molecule has 0 saturated carbocycles. The van der Waals surface area contributed by atoms with Crippen molar-refractivity contribution in [2.75, 3.05) is 36.9 Å². The van der Waals surface area contributed by atoms with Gasteiger partial charge in [0, 0.05) is 37.4 Å². The number of rotatable bonds is 6. The van der Waals surface area contributed by atoms with Crippen molar-refractivity contribution >= 4 is 17.9 Å². The van der Waals surface area contributed by atoms with Gasteiger partial charge in [-0.25, -0.2) is 9.78 Å². The Balaban J connectivity index is 1.89. The molecule has 1 fully saturated rings. The summed E-state index contributed by atoms with van der Waals surface area (Å²) in [6.45, 7) is 9.88. The first-order valence-corrected chi connectivity index (χ1v) is 8.01. The number of amides is 1. The Kier molecular flexibility index (Phi) is 6.19. The summed E-state index contributed by atoms with van der Waals surface area (Å²) in [4.78, 5) is 22.3. The van der Waals surface area contributed by atoms with Gasteiger partial charge in [-0.1, -0.05) is 6.08 Å². The maximum atomic E-state index is 11.7. The van der Waals surface area contributed by atoms with Crippen LogP contribution in [0.25, 0.3) is 0 Å². The van der Waals surface area contributed by atoms with E-state index in [4.69, 9.17) is 4.74 Å². The molecule has 1 aliphatic heterocycles. The number of nitrogens with one attached hydrogen (secondary N) is 2. The van der Waals surface area contributed by atoms with Gasteiger partial charge in [0.15, 0.2) is 0 Å². The summed E-state index contributed by atoms with van der Waals surface area (Å²) in [5, 5.41) is 6.53. The summed E-state index contributed by atoms with van der Waals surface area (Å²) in [5.74, 6) is 1.40. The molecule has 23 heavy (non-hydrogen) atoms. The van der Waals surface area contributed by atoms with Crippen LogP contribution in [0.2, 0.25) is 0 Å². The van der Waals surface area contributed by atoms with E-state index in [0.29, 0.717) is 32.2 Å². The monoisotopic (exact) mass is 319 g/mol. The maximum absolute atomic E-state index is 11.7. The van der Waals surface area contributed by atoms with E-state index in [-0.39, 0.29) is 12.1 Å². The maximum Gasteiger partial charge on any atom is 0.409 e. The van der Waals surface area contributed by atoms with Crippen molar-refractivity contribution in [3.63, 3.8) is 0 Å². The Bertz CT molecular complexity index is 541. The Labute approximate surface area is 137 Å². The van der Waals surface area contributed by atoms with Gasteiger partial charge in [0.1, 0.15) is 5.82 Å². The van der Waals surface area contributed by atoms with E-state index in [1.807, 2.05) is 19.9 Å². The lowest BCUT2D eigenvalue weighted by molar-refractivity contribution is 0.0983. The number of likely N-dealkylation sites (tertiary alicyclic amines) is 1. The number of anilines is 2. The molecule has 2 heterocycles. The van der Waals surface area contributed by atoms with Crippen LogP contribution in [0.5, 0.6) is 0 Å². The molecule has 2 rings (SSSR count). The van der Waals surface area contributed by atoms with Gasteiger partial charge < -0.3 is 20.3 Å². The molecule has 2 N–H and O–H groups in total. The van der Waals surface area contributed by atoms with Crippen LogP contribution >= 0.6 is 0 Å². The van der Waals surface area contributed by atoms with Crippen molar-refractivity contribution in [1.29, 1.82) is 0 Å². The third kappa shape index (κ3) is 5.12. The van der Waals surface area contributed by atoms with Gasteiger partial charge in [0.2, 0.25) is 5.95 Å². The van der Waals surface area contributed by atoms with Gasteiger partial charge in [-0.2, -0.15) is 4.98 Å². The third-order valence-corrected chi connectivity index (χ3v) is 3.64. The molecule has 0 aromatic carbocycles. The van der Waals surface area contributed by atoms with Gasteiger partial charge in [-0.3, -0.25) is 0 Å². The summed E-state index contributed by atoms with van der Waals surface area (Å²) >= 11 is 0. The molecule has 0 atom stereocenters. The molecule has 1 aliphatic rings. The van der Waals surface area contributed by atoms with E-state index in [0.717, 1.165) is 24.4 Å². The quantitative estimate of drug-likeness (QED) is 0.784. The first kappa shape index (κ1) is 17.1. The molecule has 1 aromatic heterocycles. The highest BCUT2D eigenvalue weighted by molar-refractivity contribution is 5.67. The highest BCUT2D eigenvalue weighted by atomic mass is 16.6. The van der Waals surface area contributed by atoms with Crippen LogP contribution in [0, 0.1) is 6.92 Å². The minimum Gasteiger partial charge on any atom is -0.450 e. The van der Waals surface area contributed by atoms with Gasteiger partial charge in [0.25, 0.3) is 0 Å². The lowest BCUT2D eigenvalue weighted by atomic mass is 10.1. The van der Waals surface area contributed by atoms with E-state index >= 15 is 0 Å². The number of hydrogen-bond donors (Lipinski definition) is 2. The lowest BCUT2D eigenvalue weighted by Gasteiger charge is -2.31. The minimum absolute atomic E-state index is 0.228. The third-order valence-electron chi connectivity index (χ3n) is 3.64. The van der Waals surface area contributed by atoms with Gasteiger partial charge in [0.05, 0.1) is 6.61 Å². The highest BCUT2D eigenvalue weighted by Gasteiger charge is 2.24. The molecular weight excluding hydrogens is 294 g/mol. The molecule has 1 aromatic rings. The fraction of sp³-hybridized carbons (Fsp3) is 0.562. The second-order valence-electron chi connectivity index (χ2n) is 5.49. The van der Waals surface area contributed by atoms with Crippen molar-refractivity contribution in [3.8, 4) is 0 Å². The average molecular weight is 319 g/mol. The summed E-state index contributed by atoms with van der Waals surface area (Å²) in [6.07, 6.45) is 3.26. The fourth-order valence-corrected chi connectivity index (χ4v) is 2.50. The predicted octanol–water partition coefficient (Wildman–Crippen LogP) is 2.42. The molecule has 1 saturated heterocycles. The van der Waals surface area contributed by atoms with E-state index in [9.17, 15) is 4.79 Å². The molecule has 126 valence electrons. The molecular formula is C16H25N5O2. The van der Waals surface area contributed by atoms with Crippen molar-refractivity contribution < 1.29 is 9.53 Å². The second-order valence-corrected chi connectivity index (χ2v) is 5.49. The van der Waals surface area contributed by atoms with Crippen LogP contribution in [0.15, 0.2) is 18.7 Å². The van der Waals surface area contributed by atoms with E-state index in [1.54, 1.807) is 11.0 Å². The zero-order chi connectivity index (χ0) is 16.7. The van der Waals surface area contributed by atoms with Crippen LogP contribution in [-0.4, -0.2) is 53.2 Å². The smallest absolute Gasteiger partial charge is 0.409 e. The molecule has 7 nitrogen and oxygen atoms in total. The number of hydrogen-bond acceptors (Lipinski definition) is 6. The molecule has 0 aliphatic carbocycles. The number of carbonyl (C=O) groups is 1. The van der Waals surface area contributed by atoms with E-state index < -0.39 is 0 Å². The molecule has 0 bridgehead atoms. The normalized spacial score (nSPS) is 15.1. The zero-order valence-corrected chi connectivity index (χ0v) is 13.8. The van der Waals surface area contributed by atoms with Gasteiger partial charge in [-0.15, -0.1) is 6.58 Å². The highest BCUT2D eigenvalue weighted by Crippen LogP contribution is 2.17. The summed E-state index contributed by atoms with van der Waals surface area (Å²) in [5.41, 5.74) is 0.901. The predicted molar refractivity (Wildman–Crippen MR) is 90.7 cm³/mol. The zero-order valence-electron chi connectivity index (χ0n) is 13.8. The number of ether oxygens (including phenoxy) is 1. The molecule has 7 heteroatoms. The number of aromatic nitrogens is 2. The summed E-state index contributed by atoms with van der Waals surface area (Å²) < 4.78 is 5.03. The van der Waals surface area contributed by atoms with Crippen molar-refractivity contribution in [2.24, 2.45) is 0 Å². The van der Waals surface area contributed by atoms with Crippen LogP contribution in [0.3, 0.4) is 0 Å². The minimum atomic E-state index is -0.228. The van der Waals surface area contributed by atoms with Gasteiger partial charge >= 0.3 is 6.09 Å². The molecule has 0 spiro atoms. The number of carbonyl (C=O) groups excluding carboxylic acids is 1. The Morgan fingerprint density at radius 1 is 1.48 bits per heavy atom. The van der Waals surface area contributed by atoms with E-state index in [2.05, 4.69) is 27.2 Å². The fourth-order valence-electron chi connectivity index (χ4n) is 2.50. The molecule has 0 unspecified atom stereocenters. The van der Waals surface area contributed by atoms with Gasteiger partial charge in [-0.05, 0) is 26.7 Å². The summed E-state index contributed by atoms with van der Waals surface area (Å²) in [6, 6.07) is 2.16. The SMILES string of the molecule is C=CCNc1cc(C)nc(NC2CCN(C(=O)OCC)CC2)n1. The Morgan fingerprint density at radius 3 is 2.87 bits per heavy atom. The van der Waals surface area contributed by atoms with Crippen LogP contribution in [0.1, 0.15) is 25.5 Å². The Morgan fingerprint density at radius 2 is 2.22 bits per heavy atom. The van der Waals surface area contributed by atoms with Crippen molar-refractivity contribution in [3.05, 3.63) is 24.4 Å². The molecule has 0 radical (unpaired) electrons. The first-order chi connectivity index (χ1) is 11.1. The Hall–Kier alpha value is -2.31. The number of nitrogens with zero attached hydrogens (tertiary/aromatic N) is 3. The number of piperidine rings is 1. The van der Waals surface area contributed by atoms with Crippen LogP contribution in [-0.2, 0) is 4.74 Å². The van der Waals surface area contributed by atoms with Crippen molar-refractivity contribution in [1.82, 2.24) is 14.9 Å². The number of aryl methyl sites for hydroxylation is 1.